The molecule has 0 aliphatic heterocycles. The largest absolute Gasteiger partial charge is 0.383 e. The van der Waals surface area contributed by atoms with Crippen LogP contribution in [-0.4, -0.2) is 24.7 Å². The number of hydrogen-bond donors (Lipinski definition) is 2. The maximum absolute atomic E-state index is 5.91. The highest BCUT2D eigenvalue weighted by molar-refractivity contribution is 6.30. The molecule has 2 unspecified atom stereocenters. The molecule has 5 heteroatoms. The number of nitrogens with one attached hydrogen (secondary N) is 1. The summed E-state index contributed by atoms with van der Waals surface area (Å²) in [6, 6.07) is 1.81. The summed E-state index contributed by atoms with van der Waals surface area (Å²) in [6.07, 6.45) is 1.55. The van der Waals surface area contributed by atoms with E-state index in [1.165, 1.54) is 0 Å². The van der Waals surface area contributed by atoms with Gasteiger partial charge >= 0.3 is 0 Å². The van der Waals surface area contributed by atoms with Crippen LogP contribution in [0.25, 0.3) is 0 Å². The molecule has 16 heavy (non-hydrogen) atoms. The Labute approximate surface area is 101 Å². The van der Waals surface area contributed by atoms with E-state index in [1.807, 2.05) is 27.0 Å². The summed E-state index contributed by atoms with van der Waals surface area (Å²) in [6.45, 7) is 4.61. The number of pyridine rings is 1. The number of ether oxygens (including phenoxy) is 1. The van der Waals surface area contributed by atoms with Crippen LogP contribution in [0.1, 0.15) is 25.5 Å². The van der Waals surface area contributed by atoms with Crippen molar-refractivity contribution in [3.8, 4) is 0 Å². The minimum atomic E-state index is -0.00819. The fraction of sp³-hybridized carbons (Fsp3) is 0.545. The number of halogens is 1. The van der Waals surface area contributed by atoms with E-state index >= 15 is 0 Å². The Bertz CT molecular complexity index is 346. The number of nitrogens with two attached hydrogens (primary N) is 1. The second kappa shape index (κ2) is 6.03. The molecule has 1 rings (SSSR count). The van der Waals surface area contributed by atoms with Crippen molar-refractivity contribution in [2.45, 2.75) is 26.0 Å². The number of anilines is 1. The van der Waals surface area contributed by atoms with Crippen molar-refractivity contribution in [2.75, 3.05) is 19.4 Å². The van der Waals surface area contributed by atoms with Gasteiger partial charge in [-0.25, -0.2) is 4.98 Å². The first-order valence-corrected chi connectivity index (χ1v) is 5.67. The zero-order chi connectivity index (χ0) is 12.1. The van der Waals surface area contributed by atoms with E-state index in [1.54, 1.807) is 6.20 Å². The number of aromatic nitrogens is 1. The number of likely N-dealkylation sites (N-methyl/N-ethyl adjacent to an activating group) is 1. The second-order valence-corrected chi connectivity index (χ2v) is 3.99. The van der Waals surface area contributed by atoms with E-state index in [9.17, 15) is 0 Å². The average Bonchev–Trinajstić information content (AvgIpc) is 2.24. The summed E-state index contributed by atoms with van der Waals surface area (Å²) >= 11 is 5.91. The molecule has 0 aliphatic rings. The van der Waals surface area contributed by atoms with Crippen LogP contribution in [-0.2, 0) is 4.74 Å². The third-order valence-corrected chi connectivity index (χ3v) is 2.67. The van der Waals surface area contributed by atoms with Gasteiger partial charge in [0.15, 0.2) is 0 Å². The number of hydrogen-bond acceptors (Lipinski definition) is 4. The Morgan fingerprint density at radius 3 is 2.88 bits per heavy atom. The second-order valence-electron chi connectivity index (χ2n) is 3.55. The lowest BCUT2D eigenvalue weighted by Crippen LogP contribution is -2.30. The van der Waals surface area contributed by atoms with Crippen molar-refractivity contribution in [3.63, 3.8) is 0 Å². The first-order chi connectivity index (χ1) is 7.60. The topological polar surface area (TPSA) is 60.2 Å². The van der Waals surface area contributed by atoms with Crippen LogP contribution < -0.4 is 11.1 Å². The fourth-order valence-electron chi connectivity index (χ4n) is 1.72. The maximum atomic E-state index is 5.91. The number of nitrogens with zero attached hydrogens (tertiary/aromatic N) is 1. The molecule has 0 aliphatic carbocycles. The quantitative estimate of drug-likeness (QED) is 0.831. The van der Waals surface area contributed by atoms with Crippen LogP contribution in [0.4, 0.5) is 5.82 Å². The van der Waals surface area contributed by atoms with Gasteiger partial charge in [-0.3, -0.25) is 0 Å². The number of rotatable bonds is 5. The molecule has 0 saturated carbocycles. The Hall–Kier alpha value is -0.840. The molecular formula is C11H18ClN3O. The Morgan fingerprint density at radius 1 is 1.62 bits per heavy atom. The molecular weight excluding hydrogens is 226 g/mol. The van der Waals surface area contributed by atoms with Gasteiger partial charge in [-0.15, -0.1) is 0 Å². The fourth-order valence-corrected chi connectivity index (χ4v) is 1.88. The smallest absolute Gasteiger partial charge is 0.128 e. The predicted octanol–water partition coefficient (Wildman–Crippen LogP) is 2.00. The van der Waals surface area contributed by atoms with Crippen LogP contribution in [0.2, 0.25) is 5.02 Å². The van der Waals surface area contributed by atoms with Crippen molar-refractivity contribution >= 4 is 17.4 Å². The van der Waals surface area contributed by atoms with Gasteiger partial charge < -0.3 is 15.8 Å². The Balaban J connectivity index is 2.98. The molecule has 1 aromatic heterocycles. The van der Waals surface area contributed by atoms with E-state index in [0.717, 1.165) is 5.56 Å². The van der Waals surface area contributed by atoms with Crippen molar-refractivity contribution in [1.82, 2.24) is 10.3 Å². The highest BCUT2D eigenvalue weighted by atomic mass is 35.5. The van der Waals surface area contributed by atoms with E-state index < -0.39 is 0 Å². The van der Waals surface area contributed by atoms with Crippen LogP contribution in [0.5, 0.6) is 0 Å². The molecule has 0 spiro atoms. The lowest BCUT2D eigenvalue weighted by molar-refractivity contribution is 0.0494. The highest BCUT2D eigenvalue weighted by Crippen LogP contribution is 2.25. The van der Waals surface area contributed by atoms with Crippen LogP contribution >= 0.6 is 11.6 Å². The van der Waals surface area contributed by atoms with Gasteiger partial charge in [-0.2, -0.15) is 0 Å². The molecule has 0 bridgehead atoms. The highest BCUT2D eigenvalue weighted by Gasteiger charge is 2.20. The summed E-state index contributed by atoms with van der Waals surface area (Å²) in [5.41, 5.74) is 6.71. The van der Waals surface area contributed by atoms with Crippen molar-refractivity contribution < 1.29 is 4.74 Å². The molecule has 1 heterocycles. The SMILES string of the molecule is CCOC(C)C(NC)c1cc(Cl)cnc1N. The van der Waals surface area contributed by atoms with Gasteiger partial charge in [0.1, 0.15) is 5.82 Å². The Kier molecular flexibility index (Phi) is 4.99. The molecule has 0 aromatic carbocycles. The molecule has 3 N–H and O–H groups in total. The standard InChI is InChI=1S/C11H18ClN3O/c1-4-16-7(2)10(14-3)9-5-8(12)6-15-11(9)13/h5-7,10,14H,4H2,1-3H3,(H2,13,15). The van der Waals surface area contributed by atoms with Crippen LogP contribution in [0.3, 0.4) is 0 Å². The van der Waals surface area contributed by atoms with E-state index in [0.29, 0.717) is 17.4 Å². The summed E-state index contributed by atoms with van der Waals surface area (Å²) in [5.74, 6) is 0.482. The molecule has 1 aromatic rings. The molecule has 0 saturated heterocycles. The Morgan fingerprint density at radius 2 is 2.31 bits per heavy atom. The van der Waals surface area contributed by atoms with Gasteiger partial charge in [-0.05, 0) is 27.0 Å². The summed E-state index contributed by atoms with van der Waals surface area (Å²) in [7, 11) is 1.86. The molecule has 0 amide bonds. The number of nitrogen functional groups attached to an aromatic ring is 1. The zero-order valence-electron chi connectivity index (χ0n) is 9.83. The lowest BCUT2D eigenvalue weighted by atomic mass is 10.0. The molecule has 4 nitrogen and oxygen atoms in total. The third kappa shape index (κ3) is 3.07. The van der Waals surface area contributed by atoms with Gasteiger partial charge in [0, 0.05) is 18.4 Å². The van der Waals surface area contributed by atoms with Gasteiger partial charge in [-0.1, -0.05) is 11.6 Å². The average molecular weight is 244 g/mol. The van der Waals surface area contributed by atoms with Crippen LogP contribution in [0, 0.1) is 0 Å². The first kappa shape index (κ1) is 13.2. The first-order valence-electron chi connectivity index (χ1n) is 5.30. The monoisotopic (exact) mass is 243 g/mol. The molecule has 2 atom stereocenters. The van der Waals surface area contributed by atoms with Crippen molar-refractivity contribution in [2.24, 2.45) is 0 Å². The van der Waals surface area contributed by atoms with E-state index in [4.69, 9.17) is 22.1 Å². The van der Waals surface area contributed by atoms with Crippen molar-refractivity contribution in [3.05, 3.63) is 22.8 Å². The van der Waals surface area contributed by atoms with Gasteiger partial charge in [0.2, 0.25) is 0 Å². The van der Waals surface area contributed by atoms with E-state index in [-0.39, 0.29) is 12.1 Å². The van der Waals surface area contributed by atoms with Gasteiger partial charge in [0.05, 0.1) is 17.2 Å². The normalized spacial score (nSPS) is 14.8. The third-order valence-electron chi connectivity index (χ3n) is 2.46. The molecule has 0 fully saturated rings. The summed E-state index contributed by atoms with van der Waals surface area (Å²) in [5, 5.41) is 3.74. The predicted molar refractivity (Wildman–Crippen MR) is 66.5 cm³/mol. The minimum absolute atomic E-state index is 0.00819. The maximum Gasteiger partial charge on any atom is 0.128 e. The van der Waals surface area contributed by atoms with Gasteiger partial charge in [0.25, 0.3) is 0 Å². The molecule has 0 radical (unpaired) electrons. The minimum Gasteiger partial charge on any atom is -0.383 e. The van der Waals surface area contributed by atoms with E-state index in [2.05, 4.69) is 10.3 Å². The van der Waals surface area contributed by atoms with Crippen LogP contribution in [0.15, 0.2) is 12.3 Å². The summed E-state index contributed by atoms with van der Waals surface area (Å²) < 4.78 is 5.56. The molecule has 90 valence electrons. The lowest BCUT2D eigenvalue weighted by Gasteiger charge is -2.24. The van der Waals surface area contributed by atoms with Crippen molar-refractivity contribution in [1.29, 1.82) is 0 Å². The summed E-state index contributed by atoms with van der Waals surface area (Å²) in [4.78, 5) is 4.04. The zero-order valence-corrected chi connectivity index (χ0v) is 10.6.